The maximum atomic E-state index is 5.16. The standard InChI is InChI=1S/C7H11NO3/c1-6-7(11-5-8-6)10-4-3-9-2/h5H,3-4H2,1-2H3. The van der Waals surface area contributed by atoms with Crippen molar-refractivity contribution < 1.29 is 13.9 Å². The van der Waals surface area contributed by atoms with Gasteiger partial charge in [-0.1, -0.05) is 0 Å². The Morgan fingerprint density at radius 2 is 2.36 bits per heavy atom. The Bertz CT molecular complexity index is 209. The Hall–Kier alpha value is -1.03. The predicted molar refractivity (Wildman–Crippen MR) is 38.6 cm³/mol. The summed E-state index contributed by atoms with van der Waals surface area (Å²) in [7, 11) is 1.62. The van der Waals surface area contributed by atoms with Gasteiger partial charge in [-0.15, -0.1) is 0 Å². The zero-order valence-electron chi connectivity index (χ0n) is 6.66. The van der Waals surface area contributed by atoms with Crippen molar-refractivity contribution in [3.05, 3.63) is 12.1 Å². The molecular formula is C7H11NO3. The molecule has 0 N–H and O–H groups in total. The van der Waals surface area contributed by atoms with Crippen LogP contribution in [0, 0.1) is 6.92 Å². The average Bonchev–Trinajstić information content (AvgIpc) is 2.37. The molecule has 0 saturated carbocycles. The summed E-state index contributed by atoms with van der Waals surface area (Å²) in [6.45, 7) is 2.87. The molecule has 0 radical (unpaired) electrons. The van der Waals surface area contributed by atoms with E-state index in [0.717, 1.165) is 5.69 Å². The molecule has 0 aliphatic rings. The molecule has 0 saturated heterocycles. The van der Waals surface area contributed by atoms with Crippen molar-refractivity contribution in [2.45, 2.75) is 6.92 Å². The Morgan fingerprint density at radius 1 is 1.55 bits per heavy atom. The van der Waals surface area contributed by atoms with Crippen molar-refractivity contribution in [2.24, 2.45) is 0 Å². The van der Waals surface area contributed by atoms with E-state index in [1.165, 1.54) is 6.39 Å². The molecule has 11 heavy (non-hydrogen) atoms. The van der Waals surface area contributed by atoms with Gasteiger partial charge in [-0.3, -0.25) is 0 Å². The van der Waals surface area contributed by atoms with Gasteiger partial charge < -0.3 is 13.9 Å². The lowest BCUT2D eigenvalue weighted by Gasteiger charge is -2.00. The van der Waals surface area contributed by atoms with E-state index in [-0.39, 0.29) is 0 Å². The Labute approximate surface area is 65.1 Å². The minimum Gasteiger partial charge on any atom is -0.461 e. The number of hydrogen-bond acceptors (Lipinski definition) is 4. The topological polar surface area (TPSA) is 44.5 Å². The van der Waals surface area contributed by atoms with E-state index < -0.39 is 0 Å². The molecule has 1 aromatic rings. The fourth-order valence-electron chi connectivity index (χ4n) is 0.647. The zero-order valence-corrected chi connectivity index (χ0v) is 6.66. The second-order valence-corrected chi connectivity index (χ2v) is 2.07. The lowest BCUT2D eigenvalue weighted by atomic mass is 10.5. The van der Waals surface area contributed by atoms with Gasteiger partial charge in [-0.05, 0) is 6.92 Å². The number of nitrogens with zero attached hydrogens (tertiary/aromatic N) is 1. The summed E-state index contributed by atoms with van der Waals surface area (Å²) in [5, 5.41) is 0. The molecule has 1 rings (SSSR count). The third-order valence-electron chi connectivity index (χ3n) is 1.22. The predicted octanol–water partition coefficient (Wildman–Crippen LogP) is 1.01. The molecule has 1 aromatic heterocycles. The molecule has 0 aliphatic heterocycles. The van der Waals surface area contributed by atoms with Gasteiger partial charge in [-0.25, -0.2) is 4.98 Å². The number of rotatable bonds is 4. The first-order valence-corrected chi connectivity index (χ1v) is 3.36. The number of methoxy groups -OCH3 is 1. The van der Waals surface area contributed by atoms with Crippen LogP contribution in [0.3, 0.4) is 0 Å². The molecule has 4 nitrogen and oxygen atoms in total. The lowest BCUT2D eigenvalue weighted by Crippen LogP contribution is -2.04. The first kappa shape index (κ1) is 8.07. The molecule has 0 bridgehead atoms. The first-order valence-electron chi connectivity index (χ1n) is 3.36. The highest BCUT2D eigenvalue weighted by molar-refractivity contribution is 5.10. The maximum absolute atomic E-state index is 5.16. The van der Waals surface area contributed by atoms with Crippen molar-refractivity contribution >= 4 is 0 Å². The van der Waals surface area contributed by atoms with E-state index in [2.05, 4.69) is 4.98 Å². The average molecular weight is 157 g/mol. The van der Waals surface area contributed by atoms with Gasteiger partial charge >= 0.3 is 5.95 Å². The fraction of sp³-hybridized carbons (Fsp3) is 0.571. The van der Waals surface area contributed by atoms with Crippen LogP contribution in [-0.2, 0) is 4.74 Å². The molecule has 0 aromatic carbocycles. The minimum atomic E-state index is 0.474. The molecule has 1 heterocycles. The zero-order chi connectivity index (χ0) is 8.10. The van der Waals surface area contributed by atoms with Gasteiger partial charge in [0.2, 0.25) is 0 Å². The number of aryl methyl sites for hydroxylation is 1. The minimum absolute atomic E-state index is 0.474. The second-order valence-electron chi connectivity index (χ2n) is 2.07. The van der Waals surface area contributed by atoms with Crippen molar-refractivity contribution in [2.75, 3.05) is 20.3 Å². The number of hydrogen-bond donors (Lipinski definition) is 0. The normalized spacial score (nSPS) is 10.0. The Balaban J connectivity index is 2.32. The van der Waals surface area contributed by atoms with Crippen LogP contribution in [0.15, 0.2) is 10.8 Å². The smallest absolute Gasteiger partial charge is 0.308 e. The summed E-state index contributed by atoms with van der Waals surface area (Å²) in [5.74, 6) is 0.474. The molecule has 62 valence electrons. The lowest BCUT2D eigenvalue weighted by molar-refractivity contribution is 0.129. The summed E-state index contributed by atoms with van der Waals surface area (Å²) in [4.78, 5) is 3.86. The Morgan fingerprint density at radius 3 is 2.91 bits per heavy atom. The SMILES string of the molecule is COCCOc1ocnc1C. The molecule has 0 aliphatic carbocycles. The Kier molecular flexibility index (Phi) is 2.92. The first-order chi connectivity index (χ1) is 5.34. The molecule has 4 heteroatoms. The highest BCUT2D eigenvalue weighted by atomic mass is 16.6. The van der Waals surface area contributed by atoms with Crippen LogP contribution in [0.2, 0.25) is 0 Å². The number of aromatic nitrogens is 1. The van der Waals surface area contributed by atoms with Gasteiger partial charge in [0.05, 0.1) is 6.61 Å². The summed E-state index contributed by atoms with van der Waals surface area (Å²) in [6, 6.07) is 0. The van der Waals surface area contributed by atoms with E-state index in [1.54, 1.807) is 7.11 Å². The van der Waals surface area contributed by atoms with Crippen LogP contribution in [0.4, 0.5) is 0 Å². The molecule has 0 fully saturated rings. The highest BCUT2D eigenvalue weighted by Crippen LogP contribution is 2.13. The van der Waals surface area contributed by atoms with Crippen LogP contribution < -0.4 is 4.74 Å². The quantitative estimate of drug-likeness (QED) is 0.612. The monoisotopic (exact) mass is 157 g/mol. The summed E-state index contributed by atoms with van der Waals surface area (Å²) >= 11 is 0. The van der Waals surface area contributed by atoms with Crippen LogP contribution in [0.5, 0.6) is 5.95 Å². The summed E-state index contributed by atoms with van der Waals surface area (Å²) in [6.07, 6.45) is 1.36. The molecular weight excluding hydrogens is 146 g/mol. The van der Waals surface area contributed by atoms with Gasteiger partial charge in [0.1, 0.15) is 12.3 Å². The molecule has 0 amide bonds. The van der Waals surface area contributed by atoms with Crippen molar-refractivity contribution in [3.8, 4) is 5.95 Å². The third kappa shape index (κ3) is 2.23. The van der Waals surface area contributed by atoms with Crippen molar-refractivity contribution in [3.63, 3.8) is 0 Å². The van der Waals surface area contributed by atoms with E-state index in [4.69, 9.17) is 13.9 Å². The van der Waals surface area contributed by atoms with E-state index in [1.807, 2.05) is 6.92 Å². The van der Waals surface area contributed by atoms with Crippen LogP contribution in [-0.4, -0.2) is 25.3 Å². The molecule has 0 atom stereocenters. The van der Waals surface area contributed by atoms with Gasteiger partial charge in [0.15, 0.2) is 6.39 Å². The van der Waals surface area contributed by atoms with Crippen molar-refractivity contribution in [1.82, 2.24) is 4.98 Å². The van der Waals surface area contributed by atoms with Crippen LogP contribution in [0.1, 0.15) is 5.69 Å². The molecule has 0 spiro atoms. The maximum Gasteiger partial charge on any atom is 0.308 e. The van der Waals surface area contributed by atoms with E-state index in [0.29, 0.717) is 19.2 Å². The van der Waals surface area contributed by atoms with Gasteiger partial charge in [0.25, 0.3) is 0 Å². The number of ether oxygens (including phenoxy) is 2. The molecule has 0 unspecified atom stereocenters. The second kappa shape index (κ2) is 3.98. The number of oxazole rings is 1. The summed E-state index contributed by atoms with van der Waals surface area (Å²) < 4.78 is 14.9. The van der Waals surface area contributed by atoms with Crippen LogP contribution in [0.25, 0.3) is 0 Å². The van der Waals surface area contributed by atoms with Crippen LogP contribution >= 0.6 is 0 Å². The van der Waals surface area contributed by atoms with E-state index in [9.17, 15) is 0 Å². The van der Waals surface area contributed by atoms with Crippen molar-refractivity contribution in [1.29, 1.82) is 0 Å². The fourth-order valence-corrected chi connectivity index (χ4v) is 0.647. The third-order valence-corrected chi connectivity index (χ3v) is 1.22. The van der Waals surface area contributed by atoms with Gasteiger partial charge in [-0.2, -0.15) is 0 Å². The largest absolute Gasteiger partial charge is 0.461 e. The van der Waals surface area contributed by atoms with E-state index >= 15 is 0 Å². The van der Waals surface area contributed by atoms with Gasteiger partial charge in [0, 0.05) is 7.11 Å². The highest BCUT2D eigenvalue weighted by Gasteiger charge is 2.02. The summed E-state index contributed by atoms with van der Waals surface area (Å²) in [5.41, 5.74) is 0.765.